The van der Waals surface area contributed by atoms with E-state index in [0.29, 0.717) is 12.5 Å². The molecule has 80 valence electrons. The molecule has 0 spiro atoms. The van der Waals surface area contributed by atoms with E-state index in [9.17, 15) is 8.42 Å². The topological polar surface area (TPSA) is 87.2 Å². The molecule has 0 aromatic carbocycles. The predicted molar refractivity (Wildman–Crippen MR) is 52.7 cm³/mol. The van der Waals surface area contributed by atoms with Crippen molar-refractivity contribution in [2.75, 3.05) is 19.3 Å². The van der Waals surface area contributed by atoms with Gasteiger partial charge in [0.05, 0.1) is 6.07 Å². The number of hydrogen-bond acceptors (Lipinski definition) is 4. The molecule has 0 amide bonds. The van der Waals surface area contributed by atoms with Crippen molar-refractivity contribution in [1.29, 1.82) is 5.26 Å². The van der Waals surface area contributed by atoms with Crippen LogP contribution in [0.15, 0.2) is 0 Å². The minimum Gasteiger partial charge on any atom is -0.329 e. The van der Waals surface area contributed by atoms with Crippen LogP contribution in [0, 0.1) is 17.2 Å². The molecule has 1 unspecified atom stereocenters. The van der Waals surface area contributed by atoms with Gasteiger partial charge in [-0.2, -0.15) is 9.57 Å². The normalized spacial score (nSPS) is 19.3. The van der Waals surface area contributed by atoms with E-state index in [-0.39, 0.29) is 6.04 Å². The lowest BCUT2D eigenvalue weighted by atomic mass is 10.2. The van der Waals surface area contributed by atoms with Gasteiger partial charge < -0.3 is 5.73 Å². The molecule has 1 aliphatic rings. The van der Waals surface area contributed by atoms with Crippen molar-refractivity contribution < 1.29 is 8.42 Å². The van der Waals surface area contributed by atoms with Gasteiger partial charge in [0.15, 0.2) is 5.75 Å². The van der Waals surface area contributed by atoms with Crippen molar-refractivity contribution in [3.05, 3.63) is 0 Å². The van der Waals surface area contributed by atoms with Gasteiger partial charge in [-0.25, -0.2) is 8.42 Å². The maximum atomic E-state index is 11.5. The van der Waals surface area contributed by atoms with Gasteiger partial charge in [-0.1, -0.05) is 0 Å². The van der Waals surface area contributed by atoms with Crippen molar-refractivity contribution in [2.45, 2.75) is 18.9 Å². The molecular formula is C8H15N3O2S. The molecule has 0 saturated heterocycles. The Bertz CT molecular complexity index is 329. The van der Waals surface area contributed by atoms with Crippen molar-refractivity contribution in [3.63, 3.8) is 0 Å². The Labute approximate surface area is 84.5 Å². The minimum atomic E-state index is -3.43. The molecule has 0 aliphatic heterocycles. The zero-order valence-electron chi connectivity index (χ0n) is 8.18. The zero-order valence-corrected chi connectivity index (χ0v) is 9.00. The van der Waals surface area contributed by atoms with Crippen LogP contribution in [0.4, 0.5) is 0 Å². The summed E-state index contributed by atoms with van der Waals surface area (Å²) in [6.07, 6.45) is 2.07. The molecule has 2 N–H and O–H groups in total. The quantitative estimate of drug-likeness (QED) is 0.673. The van der Waals surface area contributed by atoms with E-state index >= 15 is 0 Å². The maximum Gasteiger partial charge on any atom is 0.227 e. The van der Waals surface area contributed by atoms with Gasteiger partial charge in [-0.05, 0) is 18.8 Å². The lowest BCUT2D eigenvalue weighted by Gasteiger charge is -2.25. The molecule has 1 rings (SSSR count). The van der Waals surface area contributed by atoms with E-state index in [1.54, 1.807) is 6.07 Å². The average molecular weight is 217 g/mol. The summed E-state index contributed by atoms with van der Waals surface area (Å²) in [6.45, 7) is 0.325. The van der Waals surface area contributed by atoms with Gasteiger partial charge in [0.2, 0.25) is 10.0 Å². The molecule has 6 heteroatoms. The number of nitriles is 1. The average Bonchev–Trinajstić information content (AvgIpc) is 2.89. The highest BCUT2D eigenvalue weighted by Gasteiger charge is 2.37. The lowest BCUT2D eigenvalue weighted by Crippen LogP contribution is -2.44. The zero-order chi connectivity index (χ0) is 10.8. The number of likely N-dealkylation sites (N-methyl/N-ethyl adjacent to an activating group) is 1. The van der Waals surface area contributed by atoms with Gasteiger partial charge >= 0.3 is 0 Å². The Kier molecular flexibility index (Phi) is 3.48. The molecule has 0 radical (unpaired) electrons. The monoisotopic (exact) mass is 217 g/mol. The Morgan fingerprint density at radius 3 is 2.57 bits per heavy atom. The van der Waals surface area contributed by atoms with Gasteiger partial charge in [0.25, 0.3) is 0 Å². The summed E-state index contributed by atoms with van der Waals surface area (Å²) in [5.74, 6) is -0.0781. The standard InChI is InChI=1S/C8H15N3O2S/c1-11(14(12,13)5-4-9)8(6-10)7-2-3-7/h7-8H,2-3,5-6,10H2,1H3. The Hall–Kier alpha value is -0.640. The summed E-state index contributed by atoms with van der Waals surface area (Å²) >= 11 is 0. The Morgan fingerprint density at radius 1 is 1.64 bits per heavy atom. The first kappa shape index (κ1) is 11.4. The summed E-state index contributed by atoms with van der Waals surface area (Å²) in [5, 5.41) is 8.37. The third kappa shape index (κ3) is 2.44. The first-order valence-corrected chi connectivity index (χ1v) is 6.16. The van der Waals surface area contributed by atoms with E-state index in [4.69, 9.17) is 11.0 Å². The number of nitrogens with zero attached hydrogens (tertiary/aromatic N) is 2. The highest BCUT2D eigenvalue weighted by molar-refractivity contribution is 7.89. The van der Waals surface area contributed by atoms with Crippen molar-refractivity contribution in [3.8, 4) is 6.07 Å². The number of nitrogens with two attached hydrogens (primary N) is 1. The van der Waals surface area contributed by atoms with E-state index in [1.165, 1.54) is 11.4 Å². The second-order valence-electron chi connectivity index (χ2n) is 3.57. The van der Waals surface area contributed by atoms with Crippen molar-refractivity contribution in [1.82, 2.24) is 4.31 Å². The van der Waals surface area contributed by atoms with Crippen LogP contribution in [0.25, 0.3) is 0 Å². The van der Waals surface area contributed by atoms with Crippen molar-refractivity contribution in [2.24, 2.45) is 11.7 Å². The number of hydrogen-bond donors (Lipinski definition) is 1. The van der Waals surface area contributed by atoms with E-state index < -0.39 is 15.8 Å². The fraction of sp³-hybridized carbons (Fsp3) is 0.875. The van der Waals surface area contributed by atoms with Gasteiger partial charge in [0.1, 0.15) is 0 Å². The summed E-state index contributed by atoms with van der Waals surface area (Å²) in [6, 6.07) is 1.53. The molecule has 0 heterocycles. The third-order valence-electron chi connectivity index (χ3n) is 2.56. The number of sulfonamides is 1. The molecule has 5 nitrogen and oxygen atoms in total. The van der Waals surface area contributed by atoms with E-state index in [0.717, 1.165) is 12.8 Å². The smallest absolute Gasteiger partial charge is 0.227 e. The van der Waals surface area contributed by atoms with Crippen LogP contribution < -0.4 is 5.73 Å². The maximum absolute atomic E-state index is 11.5. The lowest BCUT2D eigenvalue weighted by molar-refractivity contribution is 0.342. The molecule has 1 aliphatic carbocycles. The highest BCUT2D eigenvalue weighted by atomic mass is 32.2. The van der Waals surface area contributed by atoms with Crippen LogP contribution in [0.5, 0.6) is 0 Å². The molecule has 1 saturated carbocycles. The Balaban J connectivity index is 2.71. The van der Waals surface area contributed by atoms with Crippen LogP contribution in [0.1, 0.15) is 12.8 Å². The van der Waals surface area contributed by atoms with Crippen LogP contribution in [0.2, 0.25) is 0 Å². The Morgan fingerprint density at radius 2 is 2.21 bits per heavy atom. The third-order valence-corrected chi connectivity index (χ3v) is 4.20. The second kappa shape index (κ2) is 4.26. The highest BCUT2D eigenvalue weighted by Crippen LogP contribution is 2.35. The fourth-order valence-corrected chi connectivity index (χ4v) is 2.55. The summed E-state index contributed by atoms with van der Waals surface area (Å²) < 4.78 is 24.3. The molecule has 0 aromatic heterocycles. The van der Waals surface area contributed by atoms with Gasteiger partial charge in [-0.3, -0.25) is 0 Å². The second-order valence-corrected chi connectivity index (χ2v) is 5.60. The van der Waals surface area contributed by atoms with E-state index in [2.05, 4.69) is 0 Å². The molecule has 0 aromatic rings. The predicted octanol–water partition coefficient (Wildman–Crippen LogP) is -0.491. The van der Waals surface area contributed by atoms with Crippen LogP contribution in [-0.2, 0) is 10.0 Å². The number of rotatable bonds is 5. The molecule has 14 heavy (non-hydrogen) atoms. The largest absolute Gasteiger partial charge is 0.329 e. The summed E-state index contributed by atoms with van der Waals surface area (Å²) in [7, 11) is -1.93. The SMILES string of the molecule is CN(C(CN)C1CC1)S(=O)(=O)CC#N. The van der Waals surface area contributed by atoms with Crippen LogP contribution in [-0.4, -0.2) is 38.1 Å². The van der Waals surface area contributed by atoms with E-state index in [1.807, 2.05) is 0 Å². The molecule has 1 atom stereocenters. The van der Waals surface area contributed by atoms with Crippen molar-refractivity contribution >= 4 is 10.0 Å². The minimum absolute atomic E-state index is 0.131. The van der Waals surface area contributed by atoms with Crippen LogP contribution in [0.3, 0.4) is 0 Å². The molecular weight excluding hydrogens is 202 g/mol. The first-order chi connectivity index (χ1) is 6.53. The molecule has 0 bridgehead atoms. The summed E-state index contributed by atoms with van der Waals surface area (Å²) in [4.78, 5) is 0. The fourth-order valence-electron chi connectivity index (χ4n) is 1.51. The first-order valence-electron chi connectivity index (χ1n) is 4.55. The van der Waals surface area contributed by atoms with Gasteiger partial charge in [-0.15, -0.1) is 0 Å². The van der Waals surface area contributed by atoms with Gasteiger partial charge in [0, 0.05) is 19.6 Å². The molecule has 1 fully saturated rings. The van der Waals surface area contributed by atoms with Crippen LogP contribution >= 0.6 is 0 Å². The summed E-state index contributed by atoms with van der Waals surface area (Å²) in [5.41, 5.74) is 5.52.